The normalized spacial score (nSPS) is 13.2. The fourth-order valence-electron chi connectivity index (χ4n) is 4.35. The third-order valence-electron chi connectivity index (χ3n) is 6.42. The van der Waals surface area contributed by atoms with E-state index in [0.717, 1.165) is 16.8 Å². The van der Waals surface area contributed by atoms with Crippen molar-refractivity contribution in [2.24, 2.45) is 0 Å². The Kier molecular flexibility index (Phi) is 8.15. The van der Waals surface area contributed by atoms with Gasteiger partial charge < -0.3 is 35.6 Å². The fourth-order valence-corrected chi connectivity index (χ4v) is 4.35. The van der Waals surface area contributed by atoms with Gasteiger partial charge >= 0.3 is 12.1 Å². The number of para-hydroxylation sites is 1. The minimum atomic E-state index is -0.353. The van der Waals surface area contributed by atoms with E-state index in [1.807, 2.05) is 74.5 Å². The van der Waals surface area contributed by atoms with Gasteiger partial charge in [0.25, 0.3) is 0 Å². The molecule has 3 aromatic rings. The Hall–Kier alpha value is -4.24. The second-order valence-corrected chi connectivity index (χ2v) is 9.00. The molecule has 0 aromatic heterocycles. The smallest absolute Gasteiger partial charge is 0.323 e. The van der Waals surface area contributed by atoms with E-state index in [1.54, 1.807) is 12.0 Å². The molecule has 0 atom stereocenters. The molecule has 1 aliphatic rings. The number of nitrogens with zero attached hydrogens (tertiary/aromatic N) is 2. The number of amides is 4. The standard InChI is InChI=1S/C28H33N5O4/c1-19-7-12-25(37-3)24(17-19)30-27(35)29-22-8-10-23(11-9-22)32-13-15-33(16-14-32)28(36)31-26-20(2)5-4-6-21(26)18-34/h4-12,17,34H,13-16,18H2,1-3H3,(H,31,36)(H2,29,30,35). The summed E-state index contributed by atoms with van der Waals surface area (Å²) in [6.45, 7) is 6.26. The molecule has 0 aliphatic carbocycles. The zero-order valence-electron chi connectivity index (χ0n) is 21.4. The second kappa shape index (κ2) is 11.7. The molecule has 4 N–H and O–H groups in total. The molecule has 0 radical (unpaired) electrons. The monoisotopic (exact) mass is 503 g/mol. The van der Waals surface area contributed by atoms with Crippen LogP contribution in [0, 0.1) is 13.8 Å². The predicted molar refractivity (Wildman–Crippen MR) is 147 cm³/mol. The number of anilines is 4. The van der Waals surface area contributed by atoms with Gasteiger partial charge in [0.05, 0.1) is 25.1 Å². The number of aliphatic hydroxyl groups excluding tert-OH is 1. The van der Waals surface area contributed by atoms with Crippen LogP contribution < -0.4 is 25.6 Å². The van der Waals surface area contributed by atoms with Crippen molar-refractivity contribution in [1.29, 1.82) is 0 Å². The van der Waals surface area contributed by atoms with E-state index in [1.165, 1.54) is 0 Å². The van der Waals surface area contributed by atoms with Crippen molar-refractivity contribution in [3.05, 3.63) is 77.4 Å². The lowest BCUT2D eigenvalue weighted by Crippen LogP contribution is -2.50. The molecule has 4 amide bonds. The van der Waals surface area contributed by atoms with Crippen molar-refractivity contribution < 1.29 is 19.4 Å². The number of piperazine rings is 1. The number of carbonyl (C=O) groups is 2. The highest BCUT2D eigenvalue weighted by atomic mass is 16.5. The number of urea groups is 2. The molecule has 194 valence electrons. The molecule has 1 saturated heterocycles. The van der Waals surface area contributed by atoms with Gasteiger partial charge in [0.15, 0.2) is 0 Å². The summed E-state index contributed by atoms with van der Waals surface area (Å²) in [7, 11) is 1.57. The first-order chi connectivity index (χ1) is 17.9. The van der Waals surface area contributed by atoms with Crippen molar-refractivity contribution in [2.75, 3.05) is 54.1 Å². The Morgan fingerprint density at radius 2 is 1.65 bits per heavy atom. The highest BCUT2D eigenvalue weighted by Gasteiger charge is 2.22. The SMILES string of the molecule is COc1ccc(C)cc1NC(=O)Nc1ccc(N2CCN(C(=O)Nc3c(C)cccc3CO)CC2)cc1. The molecular formula is C28H33N5O4. The van der Waals surface area contributed by atoms with Gasteiger partial charge in [0.1, 0.15) is 5.75 Å². The molecule has 3 aromatic carbocycles. The van der Waals surface area contributed by atoms with Crippen LogP contribution in [0.4, 0.5) is 32.3 Å². The topological polar surface area (TPSA) is 106 Å². The van der Waals surface area contributed by atoms with Crippen molar-refractivity contribution in [1.82, 2.24) is 4.90 Å². The number of hydrogen-bond donors (Lipinski definition) is 4. The van der Waals surface area contributed by atoms with Gasteiger partial charge in [-0.25, -0.2) is 9.59 Å². The number of benzene rings is 3. The lowest BCUT2D eigenvalue weighted by Gasteiger charge is -2.36. The van der Waals surface area contributed by atoms with Crippen LogP contribution in [0.3, 0.4) is 0 Å². The van der Waals surface area contributed by atoms with Crippen LogP contribution in [-0.4, -0.2) is 55.4 Å². The number of ether oxygens (including phenoxy) is 1. The van der Waals surface area contributed by atoms with Crippen LogP contribution in [0.15, 0.2) is 60.7 Å². The van der Waals surface area contributed by atoms with Crippen LogP contribution in [0.1, 0.15) is 16.7 Å². The molecule has 1 aliphatic heterocycles. The minimum Gasteiger partial charge on any atom is -0.495 e. The summed E-state index contributed by atoms with van der Waals surface area (Å²) in [6, 6.07) is 18.3. The first-order valence-corrected chi connectivity index (χ1v) is 12.2. The number of rotatable bonds is 6. The Bertz CT molecular complexity index is 1250. The predicted octanol–water partition coefficient (Wildman–Crippen LogP) is 4.80. The van der Waals surface area contributed by atoms with E-state index < -0.39 is 0 Å². The summed E-state index contributed by atoms with van der Waals surface area (Å²) in [6.07, 6.45) is 0. The van der Waals surface area contributed by atoms with Crippen LogP contribution in [0.5, 0.6) is 5.75 Å². The fraction of sp³-hybridized carbons (Fsp3) is 0.286. The van der Waals surface area contributed by atoms with Gasteiger partial charge in [0, 0.05) is 43.1 Å². The summed E-state index contributed by atoms with van der Waals surface area (Å²) >= 11 is 0. The maximum absolute atomic E-state index is 12.8. The van der Waals surface area contributed by atoms with Gasteiger partial charge in [-0.15, -0.1) is 0 Å². The molecule has 1 fully saturated rings. The zero-order valence-corrected chi connectivity index (χ0v) is 21.4. The number of hydrogen-bond acceptors (Lipinski definition) is 5. The molecule has 0 bridgehead atoms. The van der Waals surface area contributed by atoms with Crippen molar-refractivity contribution in [2.45, 2.75) is 20.5 Å². The highest BCUT2D eigenvalue weighted by Crippen LogP contribution is 2.26. The van der Waals surface area contributed by atoms with E-state index in [9.17, 15) is 14.7 Å². The minimum absolute atomic E-state index is 0.127. The molecule has 4 rings (SSSR count). The van der Waals surface area contributed by atoms with E-state index in [4.69, 9.17) is 4.74 Å². The first-order valence-electron chi connectivity index (χ1n) is 12.2. The van der Waals surface area contributed by atoms with Crippen molar-refractivity contribution in [3.8, 4) is 5.75 Å². The summed E-state index contributed by atoms with van der Waals surface area (Å²) in [5, 5.41) is 18.2. The van der Waals surface area contributed by atoms with Crippen molar-refractivity contribution in [3.63, 3.8) is 0 Å². The Balaban J connectivity index is 1.30. The van der Waals surface area contributed by atoms with E-state index in [0.29, 0.717) is 54.6 Å². The zero-order chi connectivity index (χ0) is 26.4. The van der Waals surface area contributed by atoms with Gasteiger partial charge in [-0.1, -0.05) is 24.3 Å². The van der Waals surface area contributed by atoms with E-state index in [2.05, 4.69) is 20.9 Å². The molecule has 37 heavy (non-hydrogen) atoms. The third kappa shape index (κ3) is 6.31. The maximum Gasteiger partial charge on any atom is 0.323 e. The Morgan fingerprint density at radius 1 is 0.919 bits per heavy atom. The van der Waals surface area contributed by atoms with Crippen molar-refractivity contribution >= 4 is 34.8 Å². The van der Waals surface area contributed by atoms with E-state index >= 15 is 0 Å². The Labute approximate surface area is 217 Å². The van der Waals surface area contributed by atoms with E-state index in [-0.39, 0.29) is 18.7 Å². The average Bonchev–Trinajstić information content (AvgIpc) is 2.90. The highest BCUT2D eigenvalue weighted by molar-refractivity contribution is 6.00. The van der Waals surface area contributed by atoms with Gasteiger partial charge in [-0.05, 0) is 61.4 Å². The average molecular weight is 504 g/mol. The van der Waals surface area contributed by atoms with Crippen LogP contribution in [0.2, 0.25) is 0 Å². The Morgan fingerprint density at radius 3 is 2.32 bits per heavy atom. The van der Waals surface area contributed by atoms with Gasteiger partial charge in [-0.2, -0.15) is 0 Å². The maximum atomic E-state index is 12.8. The largest absolute Gasteiger partial charge is 0.495 e. The first kappa shape index (κ1) is 25.8. The van der Waals surface area contributed by atoms with Gasteiger partial charge in [-0.3, -0.25) is 0 Å². The van der Waals surface area contributed by atoms with Crippen LogP contribution in [0.25, 0.3) is 0 Å². The summed E-state index contributed by atoms with van der Waals surface area (Å²) in [5.74, 6) is 0.594. The van der Waals surface area contributed by atoms with Crippen LogP contribution in [-0.2, 0) is 6.61 Å². The molecular weight excluding hydrogens is 470 g/mol. The number of aryl methyl sites for hydroxylation is 2. The molecule has 0 unspecified atom stereocenters. The summed E-state index contributed by atoms with van der Waals surface area (Å²) in [4.78, 5) is 29.3. The quantitative estimate of drug-likeness (QED) is 0.387. The third-order valence-corrected chi connectivity index (χ3v) is 6.42. The van der Waals surface area contributed by atoms with Gasteiger partial charge in [0.2, 0.25) is 0 Å². The summed E-state index contributed by atoms with van der Waals surface area (Å²) < 4.78 is 5.32. The lowest BCUT2D eigenvalue weighted by molar-refractivity contribution is 0.208. The number of carbonyl (C=O) groups excluding carboxylic acids is 2. The molecule has 0 saturated carbocycles. The molecule has 9 heteroatoms. The molecule has 1 heterocycles. The number of nitrogens with one attached hydrogen (secondary N) is 3. The molecule has 9 nitrogen and oxygen atoms in total. The lowest BCUT2D eigenvalue weighted by atomic mass is 10.1. The summed E-state index contributed by atoms with van der Waals surface area (Å²) in [5.41, 5.74) is 5.60. The number of aliphatic hydroxyl groups is 1. The number of methoxy groups -OCH3 is 1. The second-order valence-electron chi connectivity index (χ2n) is 9.00. The molecule has 0 spiro atoms. The van der Waals surface area contributed by atoms with Crippen LogP contribution >= 0.6 is 0 Å².